The van der Waals surface area contributed by atoms with Crippen LogP contribution in [0.25, 0.3) is 5.69 Å². The maximum Gasteiger partial charge on any atom is 0.350 e. The molecule has 0 bridgehead atoms. The summed E-state index contributed by atoms with van der Waals surface area (Å²) in [6.07, 6.45) is 3.65. The van der Waals surface area contributed by atoms with Crippen molar-refractivity contribution in [2.45, 2.75) is 0 Å². The molecule has 27 heavy (non-hydrogen) atoms. The number of thiophene rings is 1. The second-order valence-corrected chi connectivity index (χ2v) is 6.69. The van der Waals surface area contributed by atoms with E-state index in [1.807, 2.05) is 30.6 Å². The predicted molar refractivity (Wildman–Crippen MR) is 98.8 cm³/mol. The van der Waals surface area contributed by atoms with Gasteiger partial charge in [-0.2, -0.15) is 0 Å². The molecule has 0 fully saturated rings. The maximum absolute atomic E-state index is 12.4. The number of anilines is 1. The minimum absolute atomic E-state index is 0.0531. The van der Waals surface area contributed by atoms with Crippen LogP contribution in [0.2, 0.25) is 0 Å². The van der Waals surface area contributed by atoms with Crippen molar-refractivity contribution in [3.63, 3.8) is 0 Å². The van der Waals surface area contributed by atoms with Crippen molar-refractivity contribution in [3.8, 4) is 11.4 Å². The summed E-state index contributed by atoms with van der Waals surface area (Å²) in [4.78, 5) is 36.6. The first kappa shape index (κ1) is 17.0. The molecule has 7 nitrogen and oxygen atoms in total. The molecule has 3 aromatic rings. The van der Waals surface area contributed by atoms with Crippen molar-refractivity contribution >= 4 is 34.7 Å². The molecule has 136 valence electrons. The summed E-state index contributed by atoms with van der Waals surface area (Å²) < 4.78 is 12.3. The third kappa shape index (κ3) is 3.47. The molecule has 0 saturated carbocycles. The van der Waals surface area contributed by atoms with E-state index in [1.165, 1.54) is 17.4 Å². The van der Waals surface area contributed by atoms with E-state index in [9.17, 15) is 14.4 Å². The predicted octanol–water partition coefficient (Wildman–Crippen LogP) is 2.91. The molecule has 1 aromatic carbocycles. The van der Waals surface area contributed by atoms with Crippen LogP contribution in [0.3, 0.4) is 0 Å². The molecule has 8 heteroatoms. The smallest absolute Gasteiger partial charge is 0.350 e. The van der Waals surface area contributed by atoms with Gasteiger partial charge in [-0.15, -0.1) is 11.3 Å². The monoisotopic (exact) mass is 382 g/mol. The molecular formula is C19H14N2O5S. The number of carbonyl (C=O) groups is 3. The van der Waals surface area contributed by atoms with Gasteiger partial charge in [0.25, 0.3) is 5.91 Å². The molecule has 1 aliphatic rings. The van der Waals surface area contributed by atoms with E-state index in [-0.39, 0.29) is 18.3 Å². The molecule has 4 rings (SSSR count). The van der Waals surface area contributed by atoms with Gasteiger partial charge in [0, 0.05) is 18.0 Å². The Balaban J connectivity index is 1.44. The molecule has 2 aromatic heterocycles. The summed E-state index contributed by atoms with van der Waals surface area (Å²) in [6, 6.07) is 10.2. The molecule has 1 aliphatic heterocycles. The van der Waals surface area contributed by atoms with Crippen LogP contribution in [-0.2, 0) is 9.53 Å². The summed E-state index contributed by atoms with van der Waals surface area (Å²) in [7, 11) is 0. The minimum Gasteiger partial charge on any atom is -0.482 e. The lowest BCUT2D eigenvalue weighted by atomic mass is 10.1. The Kier molecular flexibility index (Phi) is 4.47. The number of rotatable bonds is 5. The second kappa shape index (κ2) is 7.08. The van der Waals surface area contributed by atoms with Gasteiger partial charge in [0.15, 0.2) is 19.0 Å². The van der Waals surface area contributed by atoms with E-state index in [2.05, 4.69) is 5.32 Å². The average Bonchev–Trinajstić information content (AvgIpc) is 3.36. The lowest BCUT2D eigenvalue weighted by Gasteiger charge is -2.18. The Labute approximate surface area is 158 Å². The van der Waals surface area contributed by atoms with Gasteiger partial charge in [0.1, 0.15) is 10.6 Å². The molecule has 3 heterocycles. The Bertz CT molecular complexity index is 1020. The highest BCUT2D eigenvalue weighted by Gasteiger charge is 2.20. The summed E-state index contributed by atoms with van der Waals surface area (Å²) in [6.45, 7) is -0.447. The lowest BCUT2D eigenvalue weighted by molar-refractivity contribution is -0.118. The number of nitrogens with one attached hydrogen (secondary N) is 1. The van der Waals surface area contributed by atoms with Crippen LogP contribution in [0, 0.1) is 0 Å². The van der Waals surface area contributed by atoms with Gasteiger partial charge in [0.05, 0.1) is 11.4 Å². The van der Waals surface area contributed by atoms with E-state index in [1.54, 1.807) is 22.1 Å². The normalized spacial score (nSPS) is 12.7. The Morgan fingerprint density at radius 1 is 1.22 bits per heavy atom. The molecular weight excluding hydrogens is 368 g/mol. The molecule has 1 amide bonds. The number of ether oxygens (including phenoxy) is 2. The fraction of sp³-hybridized carbons (Fsp3) is 0.105. The fourth-order valence-corrected chi connectivity index (χ4v) is 3.47. The number of benzene rings is 1. The largest absolute Gasteiger partial charge is 0.482 e. The second-order valence-electron chi connectivity index (χ2n) is 5.77. The van der Waals surface area contributed by atoms with Gasteiger partial charge in [-0.25, -0.2) is 4.79 Å². The third-order valence-corrected chi connectivity index (χ3v) is 4.86. The number of aromatic nitrogens is 1. The molecule has 0 radical (unpaired) electrons. The lowest BCUT2D eigenvalue weighted by Crippen LogP contribution is -2.25. The standard InChI is InChI=1S/C19H14N2O5S/c22-15(12-3-4-16-13(9-12)20-17(23)11-25-16)10-26-19(24)18-14(5-8-27-18)21-6-1-2-7-21/h1-9H,10-11H2,(H,20,23). The molecule has 1 N–H and O–H groups in total. The van der Waals surface area contributed by atoms with Crippen molar-refractivity contribution in [3.05, 3.63) is 64.6 Å². The topological polar surface area (TPSA) is 86.6 Å². The number of hydrogen-bond acceptors (Lipinski definition) is 6. The van der Waals surface area contributed by atoms with E-state index in [0.717, 1.165) is 0 Å². The maximum atomic E-state index is 12.4. The summed E-state index contributed by atoms with van der Waals surface area (Å²) >= 11 is 1.25. The van der Waals surface area contributed by atoms with Crippen molar-refractivity contribution in [1.82, 2.24) is 4.57 Å². The van der Waals surface area contributed by atoms with Crippen LogP contribution in [0.4, 0.5) is 5.69 Å². The number of fused-ring (bicyclic) bond motifs is 1. The highest BCUT2D eigenvalue weighted by molar-refractivity contribution is 7.12. The third-order valence-electron chi connectivity index (χ3n) is 3.98. The number of Topliss-reactive ketones (excluding diaryl/α,β-unsaturated/α-hetero) is 1. The van der Waals surface area contributed by atoms with E-state index >= 15 is 0 Å². The highest BCUT2D eigenvalue weighted by atomic mass is 32.1. The van der Waals surface area contributed by atoms with Crippen molar-refractivity contribution in [2.75, 3.05) is 18.5 Å². The average molecular weight is 382 g/mol. The quantitative estimate of drug-likeness (QED) is 0.542. The van der Waals surface area contributed by atoms with Crippen molar-refractivity contribution < 1.29 is 23.9 Å². The number of esters is 1. The van der Waals surface area contributed by atoms with Crippen LogP contribution in [-0.4, -0.2) is 35.4 Å². The summed E-state index contributed by atoms with van der Waals surface area (Å²) in [5.74, 6) is -0.714. The van der Waals surface area contributed by atoms with Gasteiger partial charge >= 0.3 is 5.97 Å². The summed E-state index contributed by atoms with van der Waals surface area (Å²) in [5.41, 5.74) is 1.46. The first-order valence-electron chi connectivity index (χ1n) is 8.09. The van der Waals surface area contributed by atoms with Crippen molar-refractivity contribution in [2.24, 2.45) is 0 Å². The number of hydrogen-bond donors (Lipinski definition) is 1. The highest BCUT2D eigenvalue weighted by Crippen LogP contribution is 2.28. The molecule has 0 aliphatic carbocycles. The molecule has 0 unspecified atom stereocenters. The Hall–Kier alpha value is -3.39. The van der Waals surface area contributed by atoms with Gasteiger partial charge < -0.3 is 19.4 Å². The van der Waals surface area contributed by atoms with Crippen LogP contribution in [0.1, 0.15) is 20.0 Å². The number of carbonyl (C=O) groups excluding carboxylic acids is 3. The fourth-order valence-electron chi connectivity index (χ4n) is 2.69. The van der Waals surface area contributed by atoms with E-state index < -0.39 is 12.6 Å². The first-order chi connectivity index (χ1) is 13.1. The molecule has 0 atom stereocenters. The van der Waals surface area contributed by atoms with Crippen LogP contribution >= 0.6 is 11.3 Å². The summed E-state index contributed by atoms with van der Waals surface area (Å²) in [5, 5.41) is 4.43. The van der Waals surface area contributed by atoms with Gasteiger partial charge in [0.2, 0.25) is 0 Å². The van der Waals surface area contributed by atoms with Crippen molar-refractivity contribution in [1.29, 1.82) is 0 Å². The van der Waals surface area contributed by atoms with Gasteiger partial charge in [-0.05, 0) is 41.8 Å². The minimum atomic E-state index is -0.559. The van der Waals surface area contributed by atoms with Crippen LogP contribution < -0.4 is 10.1 Å². The Morgan fingerprint density at radius 2 is 2.04 bits per heavy atom. The molecule has 0 saturated heterocycles. The zero-order valence-electron chi connectivity index (χ0n) is 14.0. The Morgan fingerprint density at radius 3 is 2.85 bits per heavy atom. The SMILES string of the molecule is O=C1COc2ccc(C(=O)COC(=O)c3sccc3-n3cccc3)cc2N1. The number of nitrogens with zero attached hydrogens (tertiary/aromatic N) is 1. The molecule has 0 spiro atoms. The van der Waals surface area contributed by atoms with Gasteiger partial charge in [-0.3, -0.25) is 9.59 Å². The number of ketones is 1. The zero-order chi connectivity index (χ0) is 18.8. The first-order valence-corrected chi connectivity index (χ1v) is 8.97. The van der Waals surface area contributed by atoms with E-state index in [0.29, 0.717) is 27.6 Å². The van der Waals surface area contributed by atoms with Gasteiger partial charge in [-0.1, -0.05) is 0 Å². The zero-order valence-corrected chi connectivity index (χ0v) is 14.8. The van der Waals surface area contributed by atoms with Crippen LogP contribution in [0.15, 0.2) is 54.2 Å². The number of amides is 1. The van der Waals surface area contributed by atoms with E-state index in [4.69, 9.17) is 9.47 Å². The van der Waals surface area contributed by atoms with Crippen LogP contribution in [0.5, 0.6) is 5.75 Å².